The van der Waals surface area contributed by atoms with Gasteiger partial charge in [0.2, 0.25) is 0 Å². The van der Waals surface area contributed by atoms with Crippen molar-refractivity contribution in [3.05, 3.63) is 44.2 Å². The van der Waals surface area contributed by atoms with E-state index >= 15 is 0 Å². The minimum absolute atomic E-state index is 0.0817. The number of benzene rings is 1. The molecule has 3 N–H and O–H groups in total. The number of thiophene rings is 1. The number of carbonyl (C=O) groups excluding carboxylic acids is 1. The van der Waals surface area contributed by atoms with Gasteiger partial charge in [-0.05, 0) is 37.6 Å². The third-order valence-corrected chi connectivity index (χ3v) is 4.65. The molecule has 1 aromatic heterocycles. The fourth-order valence-corrected chi connectivity index (χ4v) is 3.24. The van der Waals surface area contributed by atoms with Gasteiger partial charge in [0.05, 0.1) is 11.1 Å². The molecule has 0 aliphatic carbocycles. The summed E-state index contributed by atoms with van der Waals surface area (Å²) < 4.78 is 0.644. The summed E-state index contributed by atoms with van der Waals surface area (Å²) in [7, 11) is 0. The van der Waals surface area contributed by atoms with Crippen LogP contribution in [-0.2, 0) is 0 Å². The lowest BCUT2D eigenvalue weighted by Gasteiger charge is -2.06. The molecule has 21 heavy (non-hydrogen) atoms. The van der Waals surface area contributed by atoms with E-state index in [9.17, 15) is 19.8 Å². The van der Waals surface area contributed by atoms with Crippen LogP contribution in [0.25, 0.3) is 0 Å². The molecule has 0 aliphatic heterocycles. The quantitative estimate of drug-likeness (QED) is 0.767. The van der Waals surface area contributed by atoms with E-state index in [0.717, 1.165) is 4.88 Å². The van der Waals surface area contributed by atoms with Gasteiger partial charge in [-0.15, -0.1) is 11.3 Å². The first-order valence-electron chi connectivity index (χ1n) is 5.94. The average Bonchev–Trinajstić information content (AvgIpc) is 2.64. The van der Waals surface area contributed by atoms with Gasteiger partial charge in [0, 0.05) is 9.35 Å². The van der Waals surface area contributed by atoms with E-state index in [-0.39, 0.29) is 21.9 Å². The summed E-state index contributed by atoms with van der Waals surface area (Å²) in [5.41, 5.74) is 0.795. The molecule has 0 aliphatic rings. The molecule has 2 rings (SSSR count). The van der Waals surface area contributed by atoms with Gasteiger partial charge < -0.3 is 15.5 Å². The van der Waals surface area contributed by atoms with Crippen molar-refractivity contribution in [3.8, 4) is 5.75 Å². The number of carbonyl (C=O) groups is 2. The van der Waals surface area contributed by atoms with Crippen LogP contribution in [0.4, 0.5) is 5.00 Å². The molecular formula is C14H12BrNO4S. The Morgan fingerprint density at radius 1 is 1.29 bits per heavy atom. The van der Waals surface area contributed by atoms with E-state index < -0.39 is 11.9 Å². The lowest BCUT2D eigenvalue weighted by molar-refractivity contribution is 0.0697. The van der Waals surface area contributed by atoms with Gasteiger partial charge in [0.15, 0.2) is 0 Å². The Bertz CT molecular complexity index is 739. The minimum atomic E-state index is -1.09. The summed E-state index contributed by atoms with van der Waals surface area (Å²) in [6.07, 6.45) is 0. The maximum absolute atomic E-state index is 12.2. The summed E-state index contributed by atoms with van der Waals surface area (Å²) in [6, 6.07) is 4.48. The molecule has 0 unspecified atom stereocenters. The number of anilines is 1. The van der Waals surface area contributed by atoms with Crippen LogP contribution in [0.5, 0.6) is 5.75 Å². The smallest absolute Gasteiger partial charge is 0.338 e. The van der Waals surface area contributed by atoms with Crippen molar-refractivity contribution in [1.29, 1.82) is 0 Å². The summed E-state index contributed by atoms with van der Waals surface area (Å²) in [6.45, 7) is 3.49. The van der Waals surface area contributed by atoms with E-state index in [2.05, 4.69) is 21.2 Å². The highest BCUT2D eigenvalue weighted by molar-refractivity contribution is 9.10. The zero-order valence-electron chi connectivity index (χ0n) is 11.2. The number of hydrogen-bond donors (Lipinski definition) is 3. The van der Waals surface area contributed by atoms with Crippen LogP contribution in [0.1, 0.15) is 31.2 Å². The predicted octanol–water partition coefficient (Wildman–Crippen LogP) is 3.78. The molecular weight excluding hydrogens is 358 g/mol. The molecule has 7 heteroatoms. The van der Waals surface area contributed by atoms with E-state index in [0.29, 0.717) is 10.0 Å². The van der Waals surface area contributed by atoms with E-state index in [1.165, 1.54) is 23.5 Å². The molecule has 0 radical (unpaired) electrons. The van der Waals surface area contributed by atoms with Crippen molar-refractivity contribution in [1.82, 2.24) is 0 Å². The van der Waals surface area contributed by atoms with Crippen LogP contribution in [0.2, 0.25) is 0 Å². The number of phenols is 1. The Labute approximate surface area is 133 Å². The van der Waals surface area contributed by atoms with Gasteiger partial charge in [0.25, 0.3) is 5.91 Å². The third-order valence-electron chi connectivity index (χ3n) is 3.03. The lowest BCUT2D eigenvalue weighted by Crippen LogP contribution is -2.13. The molecule has 110 valence electrons. The first kappa shape index (κ1) is 15.5. The van der Waals surface area contributed by atoms with Crippen LogP contribution in [-0.4, -0.2) is 22.1 Å². The van der Waals surface area contributed by atoms with E-state index in [1.807, 2.05) is 0 Å². The number of amides is 1. The number of aromatic hydroxyl groups is 1. The van der Waals surface area contributed by atoms with Gasteiger partial charge in [-0.25, -0.2) is 4.79 Å². The van der Waals surface area contributed by atoms with Gasteiger partial charge in [-0.2, -0.15) is 0 Å². The topological polar surface area (TPSA) is 86.6 Å². The van der Waals surface area contributed by atoms with Crippen LogP contribution < -0.4 is 5.32 Å². The normalized spacial score (nSPS) is 10.4. The molecule has 0 bridgehead atoms. The molecule has 5 nitrogen and oxygen atoms in total. The molecule has 0 saturated carbocycles. The van der Waals surface area contributed by atoms with Crippen molar-refractivity contribution < 1.29 is 19.8 Å². The van der Waals surface area contributed by atoms with Gasteiger partial charge in [-0.1, -0.05) is 15.9 Å². The van der Waals surface area contributed by atoms with Crippen molar-refractivity contribution >= 4 is 44.1 Å². The molecule has 2 aromatic rings. The molecule has 1 amide bonds. The minimum Gasteiger partial charge on any atom is -0.507 e. The second kappa shape index (κ2) is 5.87. The number of aryl methyl sites for hydroxylation is 1. The van der Waals surface area contributed by atoms with Crippen molar-refractivity contribution in [2.45, 2.75) is 13.8 Å². The van der Waals surface area contributed by atoms with Gasteiger partial charge in [-0.3, -0.25) is 4.79 Å². The Morgan fingerprint density at radius 2 is 1.95 bits per heavy atom. The number of nitrogens with one attached hydrogen (secondary N) is 1. The van der Waals surface area contributed by atoms with Crippen LogP contribution in [0.3, 0.4) is 0 Å². The largest absolute Gasteiger partial charge is 0.507 e. The maximum atomic E-state index is 12.2. The summed E-state index contributed by atoms with van der Waals surface area (Å²) >= 11 is 4.39. The Morgan fingerprint density at radius 3 is 2.52 bits per heavy atom. The average molecular weight is 370 g/mol. The Balaban J connectivity index is 2.36. The number of phenolic OH excluding ortho intramolecular Hbond substituents is 1. The highest BCUT2D eigenvalue weighted by Crippen LogP contribution is 2.33. The molecule has 0 saturated heterocycles. The number of halogens is 1. The van der Waals surface area contributed by atoms with Gasteiger partial charge >= 0.3 is 5.97 Å². The van der Waals surface area contributed by atoms with E-state index in [1.54, 1.807) is 19.9 Å². The number of hydrogen-bond acceptors (Lipinski definition) is 4. The zero-order valence-corrected chi connectivity index (χ0v) is 13.6. The molecule has 1 aromatic carbocycles. The molecule has 0 atom stereocenters. The number of carboxylic acids is 1. The van der Waals surface area contributed by atoms with Crippen LogP contribution in [0, 0.1) is 13.8 Å². The first-order chi connectivity index (χ1) is 9.81. The van der Waals surface area contributed by atoms with E-state index in [4.69, 9.17) is 0 Å². The summed E-state index contributed by atoms with van der Waals surface area (Å²) in [5.74, 6) is -1.82. The second-order valence-corrected chi connectivity index (χ2v) is 6.55. The fourth-order valence-electron chi connectivity index (χ4n) is 1.84. The van der Waals surface area contributed by atoms with Crippen molar-refractivity contribution in [3.63, 3.8) is 0 Å². The third kappa shape index (κ3) is 3.08. The predicted molar refractivity (Wildman–Crippen MR) is 84.5 cm³/mol. The number of aromatic carboxylic acids is 1. The summed E-state index contributed by atoms with van der Waals surface area (Å²) in [5, 5.41) is 21.8. The second-order valence-electron chi connectivity index (χ2n) is 4.41. The monoisotopic (exact) mass is 369 g/mol. The standard InChI is InChI=1S/C14H12BrNO4S/c1-6-7(2)21-13(11(6)14(19)20)16-12(18)9-4-3-8(15)5-10(9)17/h3-5,17H,1-2H3,(H,16,18)(H,19,20). The van der Waals surface area contributed by atoms with Gasteiger partial charge in [0.1, 0.15) is 10.8 Å². The zero-order chi connectivity index (χ0) is 15.7. The highest BCUT2D eigenvalue weighted by atomic mass is 79.9. The fraction of sp³-hybridized carbons (Fsp3) is 0.143. The highest BCUT2D eigenvalue weighted by Gasteiger charge is 2.21. The number of rotatable bonds is 3. The lowest BCUT2D eigenvalue weighted by atomic mass is 10.1. The Kier molecular flexibility index (Phi) is 4.34. The van der Waals surface area contributed by atoms with Crippen molar-refractivity contribution in [2.75, 3.05) is 5.32 Å². The van der Waals surface area contributed by atoms with Crippen molar-refractivity contribution in [2.24, 2.45) is 0 Å². The molecule has 1 heterocycles. The molecule has 0 fully saturated rings. The SMILES string of the molecule is Cc1sc(NC(=O)c2ccc(Br)cc2O)c(C(=O)O)c1C. The first-order valence-corrected chi connectivity index (χ1v) is 7.55. The summed E-state index contributed by atoms with van der Waals surface area (Å²) in [4.78, 5) is 24.3. The Hall–Kier alpha value is -1.86. The van der Waals surface area contributed by atoms with Crippen LogP contribution >= 0.6 is 27.3 Å². The maximum Gasteiger partial charge on any atom is 0.338 e. The van der Waals surface area contributed by atoms with Crippen LogP contribution in [0.15, 0.2) is 22.7 Å². The molecule has 0 spiro atoms. The number of carboxylic acid groups (broad SMARTS) is 1.